The van der Waals surface area contributed by atoms with Gasteiger partial charge in [-0.05, 0) is 31.0 Å². The highest BCUT2D eigenvalue weighted by Gasteiger charge is 2.04. The lowest BCUT2D eigenvalue weighted by atomic mass is 10.1. The third-order valence-corrected chi connectivity index (χ3v) is 3.01. The number of carbonyl (C=O) groups is 1. The molecule has 1 aromatic carbocycles. The minimum Gasteiger partial charge on any atom is -0.325 e. The Balaban J connectivity index is 2.55. The van der Waals surface area contributed by atoms with Crippen LogP contribution in [-0.4, -0.2) is 23.6 Å². The van der Waals surface area contributed by atoms with Crippen molar-refractivity contribution in [3.05, 3.63) is 29.3 Å². The third kappa shape index (κ3) is 4.06. The maximum atomic E-state index is 11.6. The molecule has 0 aliphatic rings. The van der Waals surface area contributed by atoms with E-state index in [9.17, 15) is 4.79 Å². The smallest absolute Gasteiger partial charge is 0.234 e. The molecule has 0 unspecified atom stereocenters. The van der Waals surface area contributed by atoms with Crippen molar-refractivity contribution in [3.63, 3.8) is 0 Å². The fourth-order valence-electron chi connectivity index (χ4n) is 1.28. The maximum Gasteiger partial charge on any atom is 0.234 e. The monoisotopic (exact) mass is 237 g/mol. The zero-order valence-corrected chi connectivity index (χ0v) is 10.4. The highest BCUT2D eigenvalue weighted by Crippen LogP contribution is 2.16. The molecular weight excluding hydrogens is 220 g/mol. The Morgan fingerprint density at radius 2 is 2.25 bits per heavy atom. The molecule has 1 amide bonds. The summed E-state index contributed by atoms with van der Waals surface area (Å²) in [5.74, 6) is 1.14. The Hall–Kier alpha value is -1.29. The number of amides is 1. The van der Waals surface area contributed by atoms with Crippen LogP contribution in [0.5, 0.6) is 0 Å². The number of benzene rings is 1. The number of nitrogens with two attached hydrogens (primary N) is 1. The van der Waals surface area contributed by atoms with Gasteiger partial charge in [0.25, 0.3) is 0 Å². The Bertz CT molecular complexity index is 391. The zero-order chi connectivity index (χ0) is 12.0. The van der Waals surface area contributed by atoms with Gasteiger partial charge in [-0.15, -0.1) is 11.8 Å². The second-order valence-corrected chi connectivity index (χ2v) is 4.65. The first-order chi connectivity index (χ1) is 7.63. The topological polar surface area (TPSA) is 54.7 Å². The summed E-state index contributed by atoms with van der Waals surface area (Å²) in [6.07, 6.45) is 1.55. The summed E-state index contributed by atoms with van der Waals surface area (Å²) in [5, 5.41) is 8.13. The van der Waals surface area contributed by atoms with Gasteiger partial charge in [-0.3, -0.25) is 10.2 Å². The highest BCUT2D eigenvalue weighted by molar-refractivity contribution is 8.00. The van der Waals surface area contributed by atoms with Crippen LogP contribution in [0.15, 0.2) is 18.2 Å². The molecule has 0 radical (unpaired) electrons. The van der Waals surface area contributed by atoms with Gasteiger partial charge in [-0.1, -0.05) is 12.1 Å². The Morgan fingerprint density at radius 3 is 2.94 bits per heavy atom. The van der Waals surface area contributed by atoms with Gasteiger partial charge in [0.05, 0.1) is 11.5 Å². The first-order valence-corrected chi connectivity index (χ1v) is 6.27. The van der Waals surface area contributed by atoms with Gasteiger partial charge < -0.3 is 5.32 Å². The van der Waals surface area contributed by atoms with Crippen molar-refractivity contribution in [2.24, 2.45) is 0 Å². The van der Waals surface area contributed by atoms with Crippen molar-refractivity contribution >= 4 is 29.6 Å². The van der Waals surface area contributed by atoms with Crippen LogP contribution in [-0.2, 0) is 4.79 Å². The summed E-state index contributed by atoms with van der Waals surface area (Å²) in [6.45, 7) is 3.99. The van der Waals surface area contributed by atoms with Crippen molar-refractivity contribution in [2.45, 2.75) is 13.8 Å². The van der Waals surface area contributed by atoms with Crippen molar-refractivity contribution < 1.29 is 10.2 Å². The van der Waals surface area contributed by atoms with Crippen LogP contribution < -0.4 is 10.7 Å². The van der Waals surface area contributed by atoms with Crippen LogP contribution in [0.1, 0.15) is 11.1 Å². The molecule has 1 aromatic rings. The molecule has 4 heteroatoms. The van der Waals surface area contributed by atoms with Gasteiger partial charge in [0.2, 0.25) is 5.91 Å². The van der Waals surface area contributed by atoms with E-state index >= 15 is 0 Å². The van der Waals surface area contributed by atoms with Gasteiger partial charge in [0.1, 0.15) is 6.21 Å². The number of carbonyl (C=O) groups excluding carboxylic acids is 1. The van der Waals surface area contributed by atoms with Crippen molar-refractivity contribution in [1.82, 2.24) is 0 Å². The van der Waals surface area contributed by atoms with E-state index < -0.39 is 0 Å². The molecule has 0 bridgehead atoms. The summed E-state index contributed by atoms with van der Waals surface area (Å²) >= 11 is 1.50. The number of nitrogens with one attached hydrogen (secondary N) is 1. The lowest BCUT2D eigenvalue weighted by Gasteiger charge is -2.08. The van der Waals surface area contributed by atoms with Crippen LogP contribution >= 0.6 is 11.8 Å². The van der Waals surface area contributed by atoms with Crippen molar-refractivity contribution in [3.8, 4) is 0 Å². The van der Waals surface area contributed by atoms with Crippen molar-refractivity contribution in [1.29, 1.82) is 0 Å². The standard InChI is InChI=1S/C12H16N2OS/c1-9-3-4-10(2)11(7-9)14-12(15)8-16-6-5-13/h3-5,7,13H,6,8H2,1-2H3,(H,14,15)/p+1. The fraction of sp³-hybridized carbons (Fsp3) is 0.333. The molecule has 16 heavy (non-hydrogen) atoms. The van der Waals surface area contributed by atoms with Crippen LogP contribution in [0.25, 0.3) is 0 Å². The molecule has 0 aromatic heterocycles. The van der Waals surface area contributed by atoms with Gasteiger partial charge >= 0.3 is 0 Å². The largest absolute Gasteiger partial charge is 0.325 e. The van der Waals surface area contributed by atoms with Gasteiger partial charge in [-0.2, -0.15) is 0 Å². The molecule has 0 fully saturated rings. The summed E-state index contributed by atoms with van der Waals surface area (Å²) < 4.78 is 0. The molecule has 0 saturated heterocycles. The number of rotatable bonds is 5. The lowest BCUT2D eigenvalue weighted by molar-refractivity contribution is -0.113. The molecule has 86 valence electrons. The van der Waals surface area contributed by atoms with E-state index in [1.165, 1.54) is 11.8 Å². The summed E-state index contributed by atoms with van der Waals surface area (Å²) in [4.78, 5) is 11.6. The van der Waals surface area contributed by atoms with Crippen LogP contribution in [0.3, 0.4) is 0 Å². The van der Waals surface area contributed by atoms with Gasteiger partial charge in [0, 0.05) is 5.69 Å². The number of thioether (sulfide) groups is 1. The third-order valence-electron chi connectivity index (χ3n) is 2.11. The normalized spacial score (nSPS) is 9.88. The van der Waals surface area contributed by atoms with E-state index in [0.29, 0.717) is 11.5 Å². The molecule has 0 aliphatic carbocycles. The molecule has 0 atom stereocenters. The number of anilines is 1. The SMILES string of the molecule is Cc1ccc(C)c(NC(=O)CSCC=[NH2+])c1. The second kappa shape index (κ2) is 6.33. The number of aryl methyl sites for hydroxylation is 2. The van der Waals surface area contributed by atoms with Crippen molar-refractivity contribution in [2.75, 3.05) is 16.8 Å². The summed E-state index contributed by atoms with van der Waals surface area (Å²) in [5.41, 5.74) is 3.11. The molecule has 3 N–H and O–H groups in total. The number of hydrogen-bond donors (Lipinski definition) is 2. The average molecular weight is 237 g/mol. The Kier molecular flexibility index (Phi) is 5.05. The van der Waals surface area contributed by atoms with Crippen LogP contribution in [0.2, 0.25) is 0 Å². The Labute approximate surface area is 100 Å². The molecule has 3 nitrogen and oxygen atoms in total. The molecule has 0 heterocycles. The van der Waals surface area contributed by atoms with Gasteiger partial charge in [-0.25, -0.2) is 0 Å². The fourth-order valence-corrected chi connectivity index (χ4v) is 1.79. The van der Waals surface area contributed by atoms with Gasteiger partial charge in [0.15, 0.2) is 0 Å². The zero-order valence-electron chi connectivity index (χ0n) is 9.62. The average Bonchev–Trinajstić information content (AvgIpc) is 2.24. The molecular formula is C12H17N2OS+. The van der Waals surface area contributed by atoms with E-state index in [4.69, 9.17) is 5.41 Å². The van der Waals surface area contributed by atoms with E-state index in [-0.39, 0.29) is 5.91 Å². The predicted molar refractivity (Wildman–Crippen MR) is 69.9 cm³/mol. The van der Waals surface area contributed by atoms with E-state index in [1.807, 2.05) is 32.0 Å². The number of hydrogen-bond acceptors (Lipinski definition) is 2. The second-order valence-electron chi connectivity index (χ2n) is 3.62. The van der Waals surface area contributed by atoms with E-state index in [1.54, 1.807) is 6.21 Å². The Morgan fingerprint density at radius 1 is 1.50 bits per heavy atom. The van der Waals surface area contributed by atoms with Crippen LogP contribution in [0, 0.1) is 13.8 Å². The van der Waals surface area contributed by atoms with Crippen LogP contribution in [0.4, 0.5) is 5.69 Å². The van der Waals surface area contributed by atoms with E-state index in [2.05, 4.69) is 5.32 Å². The molecule has 0 saturated carbocycles. The highest BCUT2D eigenvalue weighted by atomic mass is 32.2. The molecule has 0 spiro atoms. The minimum absolute atomic E-state index is 0.0144. The first-order valence-electron chi connectivity index (χ1n) is 5.11. The molecule has 1 rings (SSSR count). The quantitative estimate of drug-likeness (QED) is 0.588. The molecule has 0 aliphatic heterocycles. The summed E-state index contributed by atoms with van der Waals surface area (Å²) in [7, 11) is 0. The lowest BCUT2D eigenvalue weighted by Crippen LogP contribution is -2.30. The maximum absolute atomic E-state index is 11.6. The van der Waals surface area contributed by atoms with E-state index in [0.717, 1.165) is 16.8 Å². The predicted octanol–water partition coefficient (Wildman–Crippen LogP) is 0.805. The minimum atomic E-state index is 0.0144. The summed E-state index contributed by atoms with van der Waals surface area (Å²) in [6, 6.07) is 6.02. The first kappa shape index (κ1) is 12.8.